The van der Waals surface area contributed by atoms with Crippen LogP contribution in [0.15, 0.2) is 12.7 Å². The van der Waals surface area contributed by atoms with Crippen LogP contribution in [0.2, 0.25) is 0 Å². The van der Waals surface area contributed by atoms with Crippen molar-refractivity contribution in [2.45, 2.75) is 26.7 Å². The normalized spacial score (nSPS) is 15.6. The molecule has 1 N–H and O–H groups in total. The standard InChI is InChI=1S/C17H18N8OS2/c1-9-10(2)27-15-12(9)13(18-7-19-15)24-5-3-11(4-6-24)14(26)21-16-23-25-8-20-22-17(25)28-16/h7-8,11H,3-6H2,1-2H3,(H,21,23,26). The molecule has 5 rings (SSSR count). The van der Waals surface area contributed by atoms with Crippen LogP contribution in [0.5, 0.6) is 0 Å². The second-order valence-corrected chi connectivity index (χ2v) is 9.04. The number of anilines is 2. The van der Waals surface area contributed by atoms with E-state index in [2.05, 4.69) is 49.3 Å². The van der Waals surface area contributed by atoms with Gasteiger partial charge in [-0.3, -0.25) is 4.79 Å². The number of aromatic nitrogens is 6. The predicted octanol–water partition coefficient (Wildman–Crippen LogP) is 2.66. The fourth-order valence-corrected chi connectivity index (χ4v) is 5.29. The molecule has 0 aliphatic carbocycles. The van der Waals surface area contributed by atoms with Crippen LogP contribution in [0.3, 0.4) is 0 Å². The summed E-state index contributed by atoms with van der Waals surface area (Å²) in [5.41, 5.74) is 1.25. The third-order valence-corrected chi connectivity index (χ3v) is 7.17. The van der Waals surface area contributed by atoms with Crippen molar-refractivity contribution in [1.29, 1.82) is 0 Å². The lowest BCUT2D eigenvalue weighted by Crippen LogP contribution is -2.38. The highest BCUT2D eigenvalue weighted by atomic mass is 32.1. The van der Waals surface area contributed by atoms with E-state index in [1.165, 1.54) is 28.1 Å². The van der Waals surface area contributed by atoms with Crippen LogP contribution in [-0.4, -0.2) is 48.8 Å². The van der Waals surface area contributed by atoms with Crippen molar-refractivity contribution in [2.24, 2.45) is 5.92 Å². The number of hydrogen-bond donors (Lipinski definition) is 1. The minimum absolute atomic E-state index is 0.0139. The van der Waals surface area contributed by atoms with Gasteiger partial charge in [-0.1, -0.05) is 11.3 Å². The molecular formula is C17H18N8OS2. The Bertz CT molecular complexity index is 1140. The Morgan fingerprint density at radius 2 is 2.04 bits per heavy atom. The second-order valence-electron chi connectivity index (χ2n) is 6.88. The average Bonchev–Trinajstić information content (AvgIpc) is 3.36. The average molecular weight is 415 g/mol. The molecule has 0 atom stereocenters. The van der Waals surface area contributed by atoms with Gasteiger partial charge in [-0.05, 0) is 32.3 Å². The minimum Gasteiger partial charge on any atom is -0.356 e. The van der Waals surface area contributed by atoms with E-state index in [4.69, 9.17) is 0 Å². The first-order chi connectivity index (χ1) is 13.6. The molecule has 9 nitrogen and oxygen atoms in total. The topological polar surface area (TPSA) is 101 Å². The molecule has 1 fully saturated rings. The van der Waals surface area contributed by atoms with Crippen LogP contribution in [-0.2, 0) is 4.79 Å². The van der Waals surface area contributed by atoms with Crippen molar-refractivity contribution in [1.82, 2.24) is 29.8 Å². The summed E-state index contributed by atoms with van der Waals surface area (Å²) in [7, 11) is 0. The van der Waals surface area contributed by atoms with Gasteiger partial charge in [-0.25, -0.2) is 9.97 Å². The highest BCUT2D eigenvalue weighted by molar-refractivity contribution is 7.20. The van der Waals surface area contributed by atoms with E-state index in [0.29, 0.717) is 10.1 Å². The van der Waals surface area contributed by atoms with Crippen LogP contribution in [0, 0.1) is 19.8 Å². The number of aryl methyl sites for hydroxylation is 2. The van der Waals surface area contributed by atoms with Crippen molar-refractivity contribution >= 4 is 54.7 Å². The zero-order valence-electron chi connectivity index (χ0n) is 15.4. The van der Waals surface area contributed by atoms with Crippen molar-refractivity contribution in [3.05, 3.63) is 23.1 Å². The zero-order chi connectivity index (χ0) is 19.3. The highest BCUT2D eigenvalue weighted by Gasteiger charge is 2.28. The molecule has 1 aliphatic heterocycles. The van der Waals surface area contributed by atoms with Crippen molar-refractivity contribution < 1.29 is 4.79 Å². The lowest BCUT2D eigenvalue weighted by atomic mass is 9.96. The monoisotopic (exact) mass is 414 g/mol. The first-order valence-electron chi connectivity index (χ1n) is 9.03. The third kappa shape index (κ3) is 2.90. The zero-order valence-corrected chi connectivity index (χ0v) is 17.0. The summed E-state index contributed by atoms with van der Waals surface area (Å²) in [6, 6.07) is 0. The Labute approximate surface area is 168 Å². The van der Waals surface area contributed by atoms with E-state index in [1.54, 1.807) is 22.2 Å². The Balaban J connectivity index is 1.28. The summed E-state index contributed by atoms with van der Waals surface area (Å²) in [4.78, 5) is 26.9. The van der Waals surface area contributed by atoms with E-state index in [1.807, 2.05) is 0 Å². The minimum atomic E-state index is -0.0340. The Kier molecular flexibility index (Phi) is 4.20. The molecule has 144 valence electrons. The SMILES string of the molecule is Cc1sc2ncnc(N3CCC(C(=O)Nc4nn5cnnc5s4)CC3)c2c1C. The summed E-state index contributed by atoms with van der Waals surface area (Å²) >= 11 is 3.03. The van der Waals surface area contributed by atoms with Crippen molar-refractivity contribution in [3.8, 4) is 0 Å². The molecule has 11 heteroatoms. The van der Waals surface area contributed by atoms with Gasteiger partial charge >= 0.3 is 0 Å². The quantitative estimate of drug-likeness (QED) is 0.550. The van der Waals surface area contributed by atoms with Crippen molar-refractivity contribution in [3.63, 3.8) is 0 Å². The molecule has 0 saturated carbocycles. The smallest absolute Gasteiger partial charge is 0.236 e. The van der Waals surface area contributed by atoms with E-state index in [0.717, 1.165) is 42.0 Å². The molecular weight excluding hydrogens is 396 g/mol. The Hall–Kier alpha value is -2.66. The van der Waals surface area contributed by atoms with Crippen LogP contribution in [0.25, 0.3) is 15.2 Å². The predicted molar refractivity (Wildman–Crippen MR) is 109 cm³/mol. The Morgan fingerprint density at radius 3 is 2.82 bits per heavy atom. The number of rotatable bonds is 3. The molecule has 0 aromatic carbocycles. The van der Waals surface area contributed by atoms with Crippen LogP contribution < -0.4 is 10.2 Å². The van der Waals surface area contributed by atoms with Gasteiger partial charge in [0.05, 0.1) is 5.39 Å². The molecule has 4 aromatic rings. The number of piperidine rings is 1. The molecule has 0 bridgehead atoms. The summed E-state index contributed by atoms with van der Waals surface area (Å²) in [6.45, 7) is 5.84. The maximum atomic E-state index is 12.6. The Morgan fingerprint density at radius 1 is 1.21 bits per heavy atom. The fourth-order valence-electron chi connectivity index (χ4n) is 3.57. The number of fused-ring (bicyclic) bond motifs is 2. The van der Waals surface area contributed by atoms with Crippen LogP contribution in [0.1, 0.15) is 23.3 Å². The number of hydrogen-bond acceptors (Lipinski definition) is 9. The number of carbonyl (C=O) groups is 1. The summed E-state index contributed by atoms with van der Waals surface area (Å²) in [5.74, 6) is 0.965. The highest BCUT2D eigenvalue weighted by Crippen LogP contribution is 2.35. The number of amides is 1. The van der Waals surface area contributed by atoms with Gasteiger partial charge in [-0.2, -0.15) is 4.52 Å². The van der Waals surface area contributed by atoms with Gasteiger partial charge < -0.3 is 10.2 Å². The van der Waals surface area contributed by atoms with Gasteiger partial charge in [-0.15, -0.1) is 26.6 Å². The number of thiophene rings is 1. The van der Waals surface area contributed by atoms with E-state index in [-0.39, 0.29) is 11.8 Å². The molecule has 5 heterocycles. The molecule has 0 radical (unpaired) electrons. The number of nitrogens with zero attached hydrogens (tertiary/aromatic N) is 7. The van der Waals surface area contributed by atoms with Crippen LogP contribution in [0.4, 0.5) is 10.9 Å². The first-order valence-corrected chi connectivity index (χ1v) is 10.7. The van der Waals surface area contributed by atoms with Gasteiger partial charge in [0.15, 0.2) is 0 Å². The lowest BCUT2D eigenvalue weighted by molar-refractivity contribution is -0.120. The van der Waals surface area contributed by atoms with Crippen molar-refractivity contribution in [2.75, 3.05) is 23.3 Å². The van der Waals surface area contributed by atoms with E-state index >= 15 is 0 Å². The molecule has 28 heavy (non-hydrogen) atoms. The molecule has 1 aliphatic rings. The molecule has 0 unspecified atom stereocenters. The third-order valence-electron chi connectivity index (χ3n) is 5.23. The van der Waals surface area contributed by atoms with Crippen LogP contribution >= 0.6 is 22.7 Å². The summed E-state index contributed by atoms with van der Waals surface area (Å²) < 4.78 is 1.56. The van der Waals surface area contributed by atoms with E-state index < -0.39 is 0 Å². The van der Waals surface area contributed by atoms with E-state index in [9.17, 15) is 4.79 Å². The molecule has 4 aromatic heterocycles. The lowest BCUT2D eigenvalue weighted by Gasteiger charge is -2.32. The second kappa shape index (κ2) is 6.74. The van der Waals surface area contributed by atoms with Gasteiger partial charge in [0.25, 0.3) is 0 Å². The summed E-state index contributed by atoms with van der Waals surface area (Å²) in [6.07, 6.45) is 4.73. The molecule has 0 spiro atoms. The fraction of sp³-hybridized carbons (Fsp3) is 0.412. The maximum absolute atomic E-state index is 12.6. The van der Waals surface area contributed by atoms with Gasteiger partial charge in [0.1, 0.15) is 23.3 Å². The summed E-state index contributed by atoms with van der Waals surface area (Å²) in [5, 5.41) is 16.6. The molecule has 1 amide bonds. The van der Waals surface area contributed by atoms with Gasteiger partial charge in [0.2, 0.25) is 16.0 Å². The molecule has 1 saturated heterocycles. The first kappa shape index (κ1) is 17.4. The number of nitrogens with one attached hydrogen (secondary N) is 1. The maximum Gasteiger partial charge on any atom is 0.236 e. The largest absolute Gasteiger partial charge is 0.356 e. The van der Waals surface area contributed by atoms with Gasteiger partial charge in [0, 0.05) is 23.9 Å². The number of carbonyl (C=O) groups excluding carboxylic acids is 1.